The summed E-state index contributed by atoms with van der Waals surface area (Å²) in [4.78, 5) is 26.4. The van der Waals surface area contributed by atoms with Crippen LogP contribution < -0.4 is 5.32 Å². The first-order chi connectivity index (χ1) is 10.0. The lowest BCUT2D eigenvalue weighted by Gasteiger charge is -2.30. The lowest BCUT2D eigenvalue weighted by atomic mass is 9.72. The van der Waals surface area contributed by atoms with E-state index in [9.17, 15) is 14.6 Å². The molecule has 2 heterocycles. The fraction of sp³-hybridized carbons (Fsp3) is 0.462. The van der Waals surface area contributed by atoms with Crippen molar-refractivity contribution in [3.63, 3.8) is 0 Å². The van der Waals surface area contributed by atoms with Crippen LogP contribution in [0.3, 0.4) is 0 Å². The van der Waals surface area contributed by atoms with E-state index in [1.54, 1.807) is 24.5 Å². The summed E-state index contributed by atoms with van der Waals surface area (Å²) in [6.07, 6.45) is 3.74. The molecule has 1 amide bonds. The molecule has 8 heteroatoms. The third kappa shape index (κ3) is 4.84. The Kier molecular flexibility index (Phi) is 5.29. The number of nitrogens with one attached hydrogen (secondary N) is 1. The van der Waals surface area contributed by atoms with E-state index < -0.39 is 25.1 Å². The van der Waals surface area contributed by atoms with Gasteiger partial charge in [0.05, 0.1) is 24.9 Å². The molecule has 1 aliphatic heterocycles. The Morgan fingerprint density at radius 1 is 1.38 bits per heavy atom. The highest BCUT2D eigenvalue weighted by Gasteiger charge is 2.36. The molecule has 112 valence electrons. The molecule has 1 aromatic heterocycles. The number of aromatic nitrogens is 1. The van der Waals surface area contributed by atoms with Crippen molar-refractivity contribution in [3.8, 4) is 0 Å². The van der Waals surface area contributed by atoms with Crippen LogP contribution in [0, 0.1) is 0 Å². The molecule has 7 nitrogen and oxygen atoms in total. The molecule has 1 fully saturated rings. The summed E-state index contributed by atoms with van der Waals surface area (Å²) in [5.41, 5.74) is 0.831. The molecule has 2 rings (SSSR count). The van der Waals surface area contributed by atoms with Crippen LogP contribution in [0.15, 0.2) is 24.5 Å². The zero-order valence-electron chi connectivity index (χ0n) is 11.4. The van der Waals surface area contributed by atoms with Crippen molar-refractivity contribution in [2.45, 2.75) is 37.7 Å². The van der Waals surface area contributed by atoms with Gasteiger partial charge in [-0.2, -0.15) is 0 Å². The Bertz CT molecular complexity index is 499. The van der Waals surface area contributed by atoms with E-state index >= 15 is 0 Å². The summed E-state index contributed by atoms with van der Waals surface area (Å²) in [7, 11) is -1.18. The summed E-state index contributed by atoms with van der Waals surface area (Å²) >= 11 is 0. The Hall–Kier alpha value is -1.93. The second-order valence-corrected chi connectivity index (χ2v) is 5.03. The third-order valence-corrected chi connectivity index (χ3v) is 3.34. The van der Waals surface area contributed by atoms with Gasteiger partial charge in [0.25, 0.3) is 0 Å². The Labute approximate surface area is 122 Å². The van der Waals surface area contributed by atoms with E-state index in [1.807, 2.05) is 0 Å². The molecule has 0 bridgehead atoms. The summed E-state index contributed by atoms with van der Waals surface area (Å²) in [5.74, 6) is -1.69. The molecule has 2 unspecified atom stereocenters. The van der Waals surface area contributed by atoms with Gasteiger partial charge in [-0.3, -0.25) is 14.6 Å². The molecule has 0 radical (unpaired) electrons. The molecule has 0 aromatic carbocycles. The quantitative estimate of drug-likeness (QED) is 0.647. The number of pyridine rings is 1. The molecule has 2 atom stereocenters. The van der Waals surface area contributed by atoms with Crippen molar-refractivity contribution in [1.29, 1.82) is 0 Å². The normalized spacial score (nSPS) is 21.9. The lowest BCUT2D eigenvalue weighted by molar-refractivity contribution is -0.139. The molecular formula is C13H17BN2O5. The molecular weight excluding hydrogens is 275 g/mol. The first-order valence-corrected chi connectivity index (χ1v) is 6.78. The number of carboxylic acids is 1. The third-order valence-electron chi connectivity index (χ3n) is 3.34. The second kappa shape index (κ2) is 7.19. The predicted molar refractivity (Wildman–Crippen MR) is 74.2 cm³/mol. The van der Waals surface area contributed by atoms with Gasteiger partial charge in [-0.1, -0.05) is 0 Å². The SMILES string of the molecule is O=C(O)CC1CCC(NC(=O)Cc2ccncc2)B(O)O1. The Morgan fingerprint density at radius 2 is 2.10 bits per heavy atom. The summed E-state index contributed by atoms with van der Waals surface area (Å²) in [5, 5.41) is 21.2. The van der Waals surface area contributed by atoms with Gasteiger partial charge in [0, 0.05) is 12.4 Å². The standard InChI is InChI=1S/C13H17BN2O5/c17-12(7-9-3-5-15-6-4-9)16-11-2-1-10(8-13(18)19)21-14(11)20/h3-6,10-11,20H,1-2,7-8H2,(H,16,17)(H,18,19). The first kappa shape index (κ1) is 15.5. The molecule has 0 aliphatic carbocycles. The highest BCUT2D eigenvalue weighted by atomic mass is 16.5. The van der Waals surface area contributed by atoms with Gasteiger partial charge >= 0.3 is 13.1 Å². The number of carbonyl (C=O) groups is 2. The number of rotatable bonds is 5. The largest absolute Gasteiger partial charge is 0.481 e. The topological polar surface area (TPSA) is 109 Å². The number of carboxylic acid groups (broad SMARTS) is 1. The van der Waals surface area contributed by atoms with Gasteiger partial charge < -0.3 is 20.1 Å². The van der Waals surface area contributed by atoms with Crippen molar-refractivity contribution in [2.75, 3.05) is 0 Å². The van der Waals surface area contributed by atoms with Gasteiger partial charge in [0.15, 0.2) is 0 Å². The van der Waals surface area contributed by atoms with Gasteiger partial charge in [0.1, 0.15) is 0 Å². The van der Waals surface area contributed by atoms with E-state index in [2.05, 4.69) is 10.3 Å². The second-order valence-electron chi connectivity index (χ2n) is 5.03. The average molecular weight is 292 g/mol. The van der Waals surface area contributed by atoms with Crippen molar-refractivity contribution >= 4 is 19.0 Å². The van der Waals surface area contributed by atoms with Crippen LogP contribution in [-0.2, 0) is 20.7 Å². The van der Waals surface area contributed by atoms with Crippen molar-refractivity contribution in [1.82, 2.24) is 10.3 Å². The van der Waals surface area contributed by atoms with Crippen molar-refractivity contribution in [2.24, 2.45) is 0 Å². The van der Waals surface area contributed by atoms with Gasteiger partial charge in [0.2, 0.25) is 5.91 Å². The van der Waals surface area contributed by atoms with Gasteiger partial charge in [-0.15, -0.1) is 0 Å². The fourth-order valence-electron chi connectivity index (χ4n) is 2.30. The van der Waals surface area contributed by atoms with Crippen LogP contribution in [-0.4, -0.2) is 46.2 Å². The Balaban J connectivity index is 1.81. The number of nitrogens with zero attached hydrogens (tertiary/aromatic N) is 1. The van der Waals surface area contributed by atoms with E-state index in [0.29, 0.717) is 12.8 Å². The van der Waals surface area contributed by atoms with E-state index in [4.69, 9.17) is 9.76 Å². The maximum Gasteiger partial charge on any atom is 0.478 e. The highest BCUT2D eigenvalue weighted by molar-refractivity contribution is 6.45. The van der Waals surface area contributed by atoms with Crippen LogP contribution in [0.4, 0.5) is 0 Å². The van der Waals surface area contributed by atoms with Gasteiger partial charge in [-0.05, 0) is 30.5 Å². The van der Waals surface area contributed by atoms with E-state index in [1.165, 1.54) is 0 Å². The number of aliphatic carboxylic acids is 1. The molecule has 0 spiro atoms. The van der Waals surface area contributed by atoms with Crippen molar-refractivity contribution < 1.29 is 24.4 Å². The maximum absolute atomic E-state index is 11.9. The number of hydrogen-bond acceptors (Lipinski definition) is 5. The van der Waals surface area contributed by atoms with Crippen LogP contribution in [0.5, 0.6) is 0 Å². The molecule has 1 saturated heterocycles. The average Bonchev–Trinajstić information content (AvgIpc) is 2.42. The minimum absolute atomic E-state index is 0.144. The smallest absolute Gasteiger partial charge is 0.478 e. The van der Waals surface area contributed by atoms with Crippen LogP contribution >= 0.6 is 0 Å². The number of hydrogen-bond donors (Lipinski definition) is 3. The maximum atomic E-state index is 11.9. The van der Waals surface area contributed by atoms with E-state index in [-0.39, 0.29) is 18.7 Å². The molecule has 1 aromatic rings. The number of amides is 1. The minimum atomic E-state index is -1.18. The molecule has 3 N–H and O–H groups in total. The summed E-state index contributed by atoms with van der Waals surface area (Å²) < 4.78 is 5.21. The van der Waals surface area contributed by atoms with Crippen LogP contribution in [0.2, 0.25) is 0 Å². The highest BCUT2D eigenvalue weighted by Crippen LogP contribution is 2.18. The molecule has 21 heavy (non-hydrogen) atoms. The van der Waals surface area contributed by atoms with Crippen molar-refractivity contribution in [3.05, 3.63) is 30.1 Å². The van der Waals surface area contributed by atoms with Crippen LogP contribution in [0.25, 0.3) is 0 Å². The summed E-state index contributed by atoms with van der Waals surface area (Å²) in [6, 6.07) is 3.49. The van der Waals surface area contributed by atoms with Crippen LogP contribution in [0.1, 0.15) is 24.8 Å². The molecule has 0 saturated carbocycles. The van der Waals surface area contributed by atoms with Gasteiger partial charge in [-0.25, -0.2) is 0 Å². The number of carbonyl (C=O) groups excluding carboxylic acids is 1. The molecule has 1 aliphatic rings. The monoisotopic (exact) mass is 292 g/mol. The minimum Gasteiger partial charge on any atom is -0.481 e. The Morgan fingerprint density at radius 3 is 2.71 bits per heavy atom. The fourth-order valence-corrected chi connectivity index (χ4v) is 2.30. The van der Waals surface area contributed by atoms with E-state index in [0.717, 1.165) is 5.56 Å². The zero-order chi connectivity index (χ0) is 15.2. The zero-order valence-corrected chi connectivity index (χ0v) is 11.4. The summed E-state index contributed by atoms with van der Waals surface area (Å²) in [6.45, 7) is 0. The lowest BCUT2D eigenvalue weighted by Crippen LogP contribution is -2.53. The first-order valence-electron chi connectivity index (χ1n) is 6.78. The predicted octanol–water partition coefficient (Wildman–Crippen LogP) is -0.218.